The molecule has 1 nitrogen and oxygen atoms in total. The summed E-state index contributed by atoms with van der Waals surface area (Å²) in [6.45, 7) is 0. The van der Waals surface area contributed by atoms with Crippen LogP contribution in [0.25, 0.3) is 64.0 Å². The van der Waals surface area contributed by atoms with Crippen LogP contribution in [0.5, 0.6) is 0 Å². The fraction of sp³-hybridized carbons (Fsp3) is 0. The summed E-state index contributed by atoms with van der Waals surface area (Å²) < 4.78 is 2.67. The van der Waals surface area contributed by atoms with Gasteiger partial charge in [-0.25, -0.2) is 0 Å². The van der Waals surface area contributed by atoms with Gasteiger partial charge in [0.2, 0.25) is 0 Å². The molecule has 0 saturated heterocycles. The van der Waals surface area contributed by atoms with Crippen molar-refractivity contribution in [2.24, 2.45) is 0 Å². The zero-order valence-corrected chi connectivity index (χ0v) is 25.9. The maximum absolute atomic E-state index is 2.37. The summed E-state index contributed by atoms with van der Waals surface area (Å²) in [5.74, 6) is 0. The van der Waals surface area contributed by atoms with E-state index in [4.69, 9.17) is 0 Å². The topological polar surface area (TPSA) is 3.24 Å². The van der Waals surface area contributed by atoms with Gasteiger partial charge in [0.15, 0.2) is 0 Å². The van der Waals surface area contributed by atoms with Crippen molar-refractivity contribution in [2.45, 2.75) is 0 Å². The Morgan fingerprint density at radius 3 is 1.70 bits per heavy atom. The highest BCUT2D eigenvalue weighted by molar-refractivity contribution is 7.26. The van der Waals surface area contributed by atoms with Crippen molar-refractivity contribution >= 4 is 70.1 Å². The SMILES string of the molecule is c1ccc(-c2ccc(N(c3ccc(-c4ccc5ccccc5c4)cc3)c3ccc4c(ccc5sc6ccccc6c54)c3)cc2)cc1. The van der Waals surface area contributed by atoms with E-state index in [1.165, 1.54) is 64.0 Å². The molecule has 1 aromatic heterocycles. The van der Waals surface area contributed by atoms with E-state index < -0.39 is 0 Å². The number of anilines is 3. The molecule has 2 heteroatoms. The lowest BCUT2D eigenvalue weighted by molar-refractivity contribution is 1.29. The zero-order valence-electron chi connectivity index (χ0n) is 25.1. The average Bonchev–Trinajstić information content (AvgIpc) is 3.52. The summed E-state index contributed by atoms with van der Waals surface area (Å²) >= 11 is 1.87. The number of nitrogens with zero attached hydrogens (tertiary/aromatic N) is 1. The van der Waals surface area contributed by atoms with Crippen molar-refractivity contribution in [3.8, 4) is 22.3 Å². The molecule has 1 heterocycles. The summed E-state index contributed by atoms with van der Waals surface area (Å²) in [5.41, 5.74) is 8.25. The van der Waals surface area contributed by atoms with Crippen molar-refractivity contribution < 1.29 is 0 Å². The fourth-order valence-electron chi connectivity index (χ4n) is 6.73. The average molecular weight is 604 g/mol. The number of benzene rings is 8. The van der Waals surface area contributed by atoms with Gasteiger partial charge in [0.1, 0.15) is 0 Å². The Morgan fingerprint density at radius 2 is 0.913 bits per heavy atom. The minimum atomic E-state index is 1.12. The Balaban J connectivity index is 1.16. The number of rotatable bonds is 5. The molecule has 0 atom stereocenters. The van der Waals surface area contributed by atoms with Crippen LogP contribution in [0.4, 0.5) is 17.1 Å². The summed E-state index contributed by atoms with van der Waals surface area (Å²) in [6, 6.07) is 63.9. The van der Waals surface area contributed by atoms with Crippen molar-refractivity contribution in [3.05, 3.63) is 176 Å². The lowest BCUT2D eigenvalue weighted by Crippen LogP contribution is -2.09. The lowest BCUT2D eigenvalue weighted by Gasteiger charge is -2.26. The smallest absolute Gasteiger partial charge is 0.0468 e. The molecule has 0 N–H and O–H groups in total. The maximum Gasteiger partial charge on any atom is 0.0468 e. The second-order valence-electron chi connectivity index (χ2n) is 11.8. The van der Waals surface area contributed by atoms with E-state index in [2.05, 4.69) is 181 Å². The van der Waals surface area contributed by atoms with Gasteiger partial charge in [-0.2, -0.15) is 0 Å². The highest BCUT2D eigenvalue weighted by Crippen LogP contribution is 2.42. The van der Waals surface area contributed by atoms with E-state index in [1.54, 1.807) is 0 Å². The van der Waals surface area contributed by atoms with E-state index >= 15 is 0 Å². The second kappa shape index (κ2) is 11.0. The predicted octanol–water partition coefficient (Wildman–Crippen LogP) is 13.2. The zero-order chi connectivity index (χ0) is 30.5. The first-order valence-electron chi connectivity index (χ1n) is 15.7. The van der Waals surface area contributed by atoms with Gasteiger partial charge in [-0.15, -0.1) is 11.3 Å². The van der Waals surface area contributed by atoms with Crippen LogP contribution in [0, 0.1) is 0 Å². The Hall–Kier alpha value is -5.70. The molecular weight excluding hydrogens is 575 g/mol. The monoisotopic (exact) mass is 603 g/mol. The Morgan fingerprint density at radius 1 is 0.326 bits per heavy atom. The Bertz CT molecular complexity index is 2510. The van der Waals surface area contributed by atoms with Crippen LogP contribution in [0.3, 0.4) is 0 Å². The molecule has 0 aliphatic rings. The molecule has 46 heavy (non-hydrogen) atoms. The minimum absolute atomic E-state index is 1.12. The van der Waals surface area contributed by atoms with Gasteiger partial charge in [-0.3, -0.25) is 0 Å². The van der Waals surface area contributed by atoms with Gasteiger partial charge in [0.25, 0.3) is 0 Å². The van der Waals surface area contributed by atoms with E-state index in [-0.39, 0.29) is 0 Å². The molecule has 216 valence electrons. The van der Waals surface area contributed by atoms with Gasteiger partial charge >= 0.3 is 0 Å². The molecular formula is C44H29NS. The first kappa shape index (κ1) is 26.7. The van der Waals surface area contributed by atoms with E-state index in [9.17, 15) is 0 Å². The van der Waals surface area contributed by atoms with Crippen LogP contribution in [0.1, 0.15) is 0 Å². The molecule has 0 bridgehead atoms. The van der Waals surface area contributed by atoms with Crippen LogP contribution in [-0.2, 0) is 0 Å². The lowest BCUT2D eigenvalue weighted by atomic mass is 10.00. The molecule has 9 aromatic rings. The normalized spacial score (nSPS) is 11.5. The predicted molar refractivity (Wildman–Crippen MR) is 200 cm³/mol. The van der Waals surface area contributed by atoms with Crippen LogP contribution in [0.2, 0.25) is 0 Å². The minimum Gasteiger partial charge on any atom is -0.310 e. The van der Waals surface area contributed by atoms with E-state index in [0.29, 0.717) is 0 Å². The Kier molecular flexibility index (Phi) is 6.40. The molecule has 0 aliphatic carbocycles. The maximum atomic E-state index is 2.37. The molecule has 8 aromatic carbocycles. The quantitative estimate of drug-likeness (QED) is 0.189. The van der Waals surface area contributed by atoms with Crippen molar-refractivity contribution in [1.82, 2.24) is 0 Å². The number of hydrogen-bond donors (Lipinski definition) is 0. The third-order valence-corrected chi connectivity index (χ3v) is 10.2. The molecule has 0 radical (unpaired) electrons. The molecule has 0 fully saturated rings. The molecule has 0 aliphatic heterocycles. The first-order valence-corrected chi connectivity index (χ1v) is 16.5. The highest BCUT2D eigenvalue weighted by atomic mass is 32.1. The third-order valence-electron chi connectivity index (χ3n) is 9.04. The summed E-state index contributed by atoms with van der Waals surface area (Å²) in [4.78, 5) is 2.37. The number of hydrogen-bond acceptors (Lipinski definition) is 2. The first-order chi connectivity index (χ1) is 22.8. The third kappa shape index (κ3) is 4.63. The van der Waals surface area contributed by atoms with Gasteiger partial charge in [-0.05, 0) is 98.4 Å². The summed E-state index contributed by atoms with van der Waals surface area (Å²) in [5, 5.41) is 7.74. The van der Waals surface area contributed by atoms with E-state index in [1.807, 2.05) is 11.3 Å². The largest absolute Gasteiger partial charge is 0.310 e. The van der Waals surface area contributed by atoms with Crippen LogP contribution in [-0.4, -0.2) is 0 Å². The summed E-state index contributed by atoms with van der Waals surface area (Å²) in [7, 11) is 0. The van der Waals surface area contributed by atoms with Crippen LogP contribution in [0.15, 0.2) is 176 Å². The van der Waals surface area contributed by atoms with Gasteiger partial charge in [-0.1, -0.05) is 121 Å². The molecule has 0 amide bonds. The fourth-order valence-corrected chi connectivity index (χ4v) is 7.85. The van der Waals surface area contributed by atoms with Gasteiger partial charge < -0.3 is 4.90 Å². The molecule has 9 rings (SSSR count). The van der Waals surface area contributed by atoms with Gasteiger partial charge in [0, 0.05) is 37.2 Å². The van der Waals surface area contributed by atoms with Crippen LogP contribution < -0.4 is 4.90 Å². The molecule has 0 spiro atoms. The molecule has 0 saturated carbocycles. The van der Waals surface area contributed by atoms with Gasteiger partial charge in [0.05, 0.1) is 0 Å². The van der Waals surface area contributed by atoms with Crippen LogP contribution >= 0.6 is 11.3 Å². The Labute approximate surface area is 272 Å². The van der Waals surface area contributed by atoms with Crippen molar-refractivity contribution in [2.75, 3.05) is 4.90 Å². The molecule has 0 unspecified atom stereocenters. The van der Waals surface area contributed by atoms with Crippen molar-refractivity contribution in [1.29, 1.82) is 0 Å². The highest BCUT2D eigenvalue weighted by Gasteiger charge is 2.16. The summed E-state index contributed by atoms with van der Waals surface area (Å²) in [6.07, 6.45) is 0. The van der Waals surface area contributed by atoms with E-state index in [0.717, 1.165) is 17.1 Å². The second-order valence-corrected chi connectivity index (χ2v) is 12.9. The van der Waals surface area contributed by atoms with Crippen molar-refractivity contribution in [3.63, 3.8) is 0 Å². The number of thiophene rings is 1. The number of fused-ring (bicyclic) bond motifs is 6. The standard InChI is InChI=1S/C44H29NS/c1-2-8-30(9-3-1)32-16-21-37(22-17-32)45(38-23-18-33(19-24-38)35-15-14-31-10-4-5-11-34(31)28-35)39-25-26-40-36(29-39)20-27-43-44(40)41-12-6-7-13-42(41)46-43/h1-29H.